The third-order valence-electron chi connectivity index (χ3n) is 4.75. The highest BCUT2D eigenvalue weighted by Gasteiger charge is 2.26. The molecule has 0 saturated carbocycles. The van der Waals surface area contributed by atoms with E-state index in [1.165, 1.54) is 18.0 Å². The molecule has 0 bridgehead atoms. The highest BCUT2D eigenvalue weighted by atomic mass is 19.3. The number of halogens is 2. The van der Waals surface area contributed by atoms with Crippen LogP contribution in [0, 0.1) is 0 Å². The van der Waals surface area contributed by atoms with Crippen LogP contribution in [0.4, 0.5) is 14.7 Å². The molecule has 0 aliphatic carbocycles. The molecule has 144 valence electrons. The molecule has 2 heterocycles. The highest BCUT2D eigenvalue weighted by molar-refractivity contribution is 5.77. The first-order valence-corrected chi connectivity index (χ1v) is 9.05. The number of benzene rings is 2. The number of para-hydroxylation sites is 1. The van der Waals surface area contributed by atoms with Crippen LogP contribution in [-0.4, -0.2) is 21.4 Å². The van der Waals surface area contributed by atoms with Crippen molar-refractivity contribution in [2.24, 2.45) is 0 Å². The summed E-state index contributed by atoms with van der Waals surface area (Å²) in [5, 5.41) is 7.52. The zero-order chi connectivity index (χ0) is 19.7. The first kappa shape index (κ1) is 18.2. The van der Waals surface area contributed by atoms with Crippen molar-refractivity contribution in [3.8, 4) is 5.75 Å². The van der Waals surface area contributed by atoms with E-state index in [1.807, 2.05) is 18.2 Å². The number of ether oxygens (including phenoxy) is 1. The lowest BCUT2D eigenvalue weighted by Gasteiger charge is -2.25. The van der Waals surface area contributed by atoms with Crippen LogP contribution in [0.1, 0.15) is 42.5 Å². The minimum Gasteiger partial charge on any atom is -0.434 e. The summed E-state index contributed by atoms with van der Waals surface area (Å²) < 4.78 is 32.1. The van der Waals surface area contributed by atoms with Gasteiger partial charge in [0.15, 0.2) is 0 Å². The Labute approximate surface area is 161 Å². The maximum Gasteiger partial charge on any atom is 0.387 e. The Bertz CT molecular complexity index is 996. The molecule has 1 N–H and O–H groups in total. The first-order valence-electron chi connectivity index (χ1n) is 9.05. The van der Waals surface area contributed by atoms with E-state index in [9.17, 15) is 8.78 Å². The fourth-order valence-corrected chi connectivity index (χ4v) is 3.30. The van der Waals surface area contributed by atoms with Crippen LogP contribution in [0.25, 0.3) is 5.70 Å². The Kier molecular flexibility index (Phi) is 4.81. The van der Waals surface area contributed by atoms with Gasteiger partial charge in [0.1, 0.15) is 18.1 Å². The van der Waals surface area contributed by atoms with Gasteiger partial charge in [0.2, 0.25) is 5.95 Å². The number of hydrogen-bond donors (Lipinski definition) is 1. The number of hydrogen-bond acceptors (Lipinski definition) is 4. The van der Waals surface area contributed by atoms with E-state index in [0.29, 0.717) is 17.4 Å². The zero-order valence-corrected chi connectivity index (χ0v) is 15.5. The Morgan fingerprint density at radius 2 is 1.82 bits per heavy atom. The number of aromatic nitrogens is 3. The predicted molar refractivity (Wildman–Crippen MR) is 103 cm³/mol. The number of allylic oxidation sites excluding steroid dienone is 1. The highest BCUT2D eigenvalue weighted by Crippen LogP contribution is 2.36. The van der Waals surface area contributed by atoms with Gasteiger partial charge in [-0.1, -0.05) is 56.3 Å². The summed E-state index contributed by atoms with van der Waals surface area (Å²) in [6.45, 7) is 1.39. The Hall–Kier alpha value is -3.22. The maximum atomic E-state index is 12.9. The summed E-state index contributed by atoms with van der Waals surface area (Å²) in [4.78, 5) is 4.26. The van der Waals surface area contributed by atoms with Crippen molar-refractivity contribution >= 4 is 11.6 Å². The second-order valence-corrected chi connectivity index (χ2v) is 6.87. The van der Waals surface area contributed by atoms with Gasteiger partial charge in [-0.25, -0.2) is 4.68 Å². The summed E-state index contributed by atoms with van der Waals surface area (Å²) in [5.41, 5.74) is 3.66. The van der Waals surface area contributed by atoms with Crippen LogP contribution >= 0.6 is 0 Å². The van der Waals surface area contributed by atoms with Crippen LogP contribution < -0.4 is 10.1 Å². The zero-order valence-electron chi connectivity index (χ0n) is 15.5. The number of alkyl halides is 2. The fourth-order valence-electron chi connectivity index (χ4n) is 3.30. The summed E-state index contributed by atoms with van der Waals surface area (Å²) in [5.74, 6) is 1.11. The average molecular weight is 382 g/mol. The second kappa shape index (κ2) is 7.42. The van der Waals surface area contributed by atoms with Crippen LogP contribution in [0.5, 0.6) is 5.75 Å². The van der Waals surface area contributed by atoms with E-state index in [1.54, 1.807) is 22.9 Å². The second-order valence-electron chi connectivity index (χ2n) is 6.87. The molecule has 1 aliphatic heterocycles. The number of nitrogens with zero attached hydrogens (tertiary/aromatic N) is 3. The summed E-state index contributed by atoms with van der Waals surface area (Å²) >= 11 is 0. The Morgan fingerprint density at radius 1 is 1.07 bits per heavy atom. The molecule has 4 rings (SSSR count). The topological polar surface area (TPSA) is 52.0 Å². The maximum absolute atomic E-state index is 12.9. The van der Waals surface area contributed by atoms with Gasteiger partial charge in [-0.05, 0) is 29.2 Å². The predicted octanol–water partition coefficient (Wildman–Crippen LogP) is 5.06. The lowest BCUT2D eigenvalue weighted by molar-refractivity contribution is -0.0506. The molecule has 2 aromatic carbocycles. The molecule has 0 saturated heterocycles. The van der Waals surface area contributed by atoms with Gasteiger partial charge in [0.25, 0.3) is 0 Å². The van der Waals surface area contributed by atoms with Gasteiger partial charge in [0, 0.05) is 11.3 Å². The molecule has 5 nitrogen and oxygen atoms in total. The summed E-state index contributed by atoms with van der Waals surface area (Å²) in [6.07, 6.45) is 3.38. The molecular formula is C21H20F2N4O. The third kappa shape index (κ3) is 3.47. The van der Waals surface area contributed by atoms with Gasteiger partial charge in [-0.3, -0.25) is 0 Å². The smallest absolute Gasteiger partial charge is 0.387 e. The van der Waals surface area contributed by atoms with Crippen molar-refractivity contribution in [2.45, 2.75) is 32.4 Å². The normalized spacial score (nSPS) is 15.9. The molecule has 1 aliphatic rings. The van der Waals surface area contributed by atoms with Crippen molar-refractivity contribution in [3.63, 3.8) is 0 Å². The van der Waals surface area contributed by atoms with Crippen LogP contribution in [0.2, 0.25) is 0 Å². The third-order valence-corrected chi connectivity index (χ3v) is 4.75. The van der Waals surface area contributed by atoms with E-state index < -0.39 is 12.7 Å². The summed E-state index contributed by atoms with van der Waals surface area (Å²) in [7, 11) is 0. The number of rotatable bonds is 5. The van der Waals surface area contributed by atoms with Crippen LogP contribution in [-0.2, 0) is 0 Å². The molecule has 0 unspecified atom stereocenters. The molecule has 0 amide bonds. The quantitative estimate of drug-likeness (QED) is 0.670. The van der Waals surface area contributed by atoms with Crippen molar-refractivity contribution < 1.29 is 13.5 Å². The van der Waals surface area contributed by atoms with E-state index >= 15 is 0 Å². The van der Waals surface area contributed by atoms with Crippen LogP contribution in [0.15, 0.2) is 60.9 Å². The molecule has 7 heteroatoms. The molecule has 28 heavy (non-hydrogen) atoms. The lowest BCUT2D eigenvalue weighted by Crippen LogP contribution is -2.21. The number of anilines is 1. The van der Waals surface area contributed by atoms with Crippen molar-refractivity contribution in [1.82, 2.24) is 14.8 Å². The molecule has 0 radical (unpaired) electrons. The molecule has 1 atom stereocenters. The number of nitrogens with one attached hydrogen (secondary N) is 1. The van der Waals surface area contributed by atoms with Crippen molar-refractivity contribution in [2.75, 3.05) is 5.32 Å². The Balaban J connectivity index is 1.76. The first-order chi connectivity index (χ1) is 13.5. The van der Waals surface area contributed by atoms with E-state index in [4.69, 9.17) is 4.74 Å². The minimum atomic E-state index is -2.90. The molecule has 1 aromatic heterocycles. The standard InChI is InChI=1S/C21H20F2N4O/c1-13(2)14-7-9-15(10-8-14)17-11-18(27-21(26-17)24-12-25-27)16-5-3-4-6-19(16)28-20(22)23/h3-13,18,20H,1-2H3,(H,24,25,26)/t18-/m1/s1. The van der Waals surface area contributed by atoms with Crippen molar-refractivity contribution in [3.05, 3.63) is 77.6 Å². The van der Waals surface area contributed by atoms with Crippen molar-refractivity contribution in [1.29, 1.82) is 0 Å². The fraction of sp³-hybridized carbons (Fsp3) is 0.238. The van der Waals surface area contributed by atoms with E-state index in [2.05, 4.69) is 41.4 Å². The minimum absolute atomic E-state index is 0.122. The Morgan fingerprint density at radius 3 is 2.54 bits per heavy atom. The number of fused-ring (bicyclic) bond motifs is 1. The van der Waals surface area contributed by atoms with Gasteiger partial charge < -0.3 is 10.1 Å². The molecule has 0 fully saturated rings. The average Bonchev–Trinajstić information content (AvgIpc) is 3.16. The van der Waals surface area contributed by atoms with Crippen LogP contribution in [0.3, 0.4) is 0 Å². The van der Waals surface area contributed by atoms with Gasteiger partial charge in [-0.2, -0.15) is 18.9 Å². The molecule has 0 spiro atoms. The molecular weight excluding hydrogens is 362 g/mol. The van der Waals surface area contributed by atoms with Gasteiger partial charge >= 0.3 is 6.61 Å². The van der Waals surface area contributed by atoms with E-state index in [0.717, 1.165) is 11.3 Å². The molecule has 3 aromatic rings. The monoisotopic (exact) mass is 382 g/mol. The summed E-state index contributed by atoms with van der Waals surface area (Å²) in [6, 6.07) is 14.6. The van der Waals surface area contributed by atoms with Gasteiger partial charge in [-0.15, -0.1) is 0 Å². The lowest BCUT2D eigenvalue weighted by atomic mass is 9.98. The van der Waals surface area contributed by atoms with Gasteiger partial charge in [0.05, 0.1) is 0 Å². The largest absolute Gasteiger partial charge is 0.434 e. The SMILES string of the molecule is CC(C)c1ccc(C2=C[C@H](c3ccccc3OC(F)F)n3ncnc3N2)cc1. The van der Waals surface area contributed by atoms with E-state index in [-0.39, 0.29) is 5.75 Å².